The highest BCUT2D eigenvalue weighted by Crippen LogP contribution is 2.44. The van der Waals surface area contributed by atoms with Gasteiger partial charge in [-0.2, -0.15) is 0 Å². The van der Waals surface area contributed by atoms with Crippen LogP contribution in [0.5, 0.6) is 5.75 Å². The first-order valence-corrected chi connectivity index (χ1v) is 13.9. The van der Waals surface area contributed by atoms with E-state index in [-0.39, 0.29) is 27.9 Å². The van der Waals surface area contributed by atoms with E-state index in [1.54, 1.807) is 43.3 Å². The zero-order chi connectivity index (χ0) is 29.8. The molecule has 0 radical (unpaired) electrons. The Morgan fingerprint density at radius 2 is 1.79 bits per heavy atom. The van der Waals surface area contributed by atoms with E-state index in [0.29, 0.717) is 29.2 Å². The van der Waals surface area contributed by atoms with Crippen LogP contribution in [-0.4, -0.2) is 39.3 Å². The number of ketones is 1. The van der Waals surface area contributed by atoms with Gasteiger partial charge in [0.25, 0.3) is 5.78 Å². The first kappa shape index (κ1) is 28.4. The van der Waals surface area contributed by atoms with Gasteiger partial charge in [-0.1, -0.05) is 48.3 Å². The Hall–Kier alpha value is -5.09. The number of aromatic nitrogens is 2. The number of anilines is 1. The van der Waals surface area contributed by atoms with Crippen LogP contribution in [0, 0.1) is 13.8 Å². The van der Waals surface area contributed by atoms with Gasteiger partial charge in [0.05, 0.1) is 17.3 Å². The number of aliphatic hydroxyl groups excluding tert-OH is 1. The molecule has 1 unspecified atom stereocenters. The van der Waals surface area contributed by atoms with Crippen LogP contribution in [-0.2, 0) is 20.9 Å². The summed E-state index contributed by atoms with van der Waals surface area (Å²) in [7, 11) is 0. The number of carbonyl (C=O) groups excluding carboxylic acids is 3. The molecule has 0 bridgehead atoms. The monoisotopic (exact) mass is 581 g/mol. The molecular weight excluding hydrogens is 554 g/mol. The molecule has 5 rings (SSSR count). The Balaban J connectivity index is 1.50. The Kier molecular flexibility index (Phi) is 8.26. The number of aliphatic hydroxyl groups is 1. The number of thiazole rings is 1. The molecular formula is C32H27N3O6S. The molecule has 2 aromatic carbocycles. The number of aryl methyl sites for hydroxylation is 2. The number of hydrogen-bond acceptors (Lipinski definition) is 9. The molecule has 2 aromatic heterocycles. The molecule has 0 aliphatic carbocycles. The fourth-order valence-corrected chi connectivity index (χ4v) is 5.55. The lowest BCUT2D eigenvalue weighted by Crippen LogP contribution is -2.29. The van der Waals surface area contributed by atoms with Crippen LogP contribution in [0.15, 0.2) is 91.3 Å². The summed E-state index contributed by atoms with van der Waals surface area (Å²) in [5.41, 5.74) is 3.27. The number of carbonyl (C=O) groups is 3. The normalized spacial score (nSPS) is 16.0. The summed E-state index contributed by atoms with van der Waals surface area (Å²) < 4.78 is 11.1. The van der Waals surface area contributed by atoms with E-state index in [9.17, 15) is 19.5 Å². The van der Waals surface area contributed by atoms with Crippen molar-refractivity contribution < 1.29 is 29.0 Å². The maximum Gasteiger partial charge on any atom is 0.350 e. The van der Waals surface area contributed by atoms with E-state index < -0.39 is 23.7 Å². The van der Waals surface area contributed by atoms with Crippen molar-refractivity contribution in [3.8, 4) is 5.75 Å². The molecule has 9 nitrogen and oxygen atoms in total. The summed E-state index contributed by atoms with van der Waals surface area (Å²) in [6.07, 6.45) is 4.50. The van der Waals surface area contributed by atoms with Gasteiger partial charge in [0, 0.05) is 18.0 Å². The second-order valence-corrected chi connectivity index (χ2v) is 10.5. The first-order chi connectivity index (χ1) is 20.3. The van der Waals surface area contributed by atoms with E-state index in [4.69, 9.17) is 9.47 Å². The number of nitrogens with zero attached hydrogens (tertiary/aromatic N) is 3. The summed E-state index contributed by atoms with van der Waals surface area (Å²) in [5.74, 6) is -2.14. The fourth-order valence-electron chi connectivity index (χ4n) is 4.56. The predicted molar refractivity (Wildman–Crippen MR) is 158 cm³/mol. The molecule has 1 amide bonds. The third-order valence-electron chi connectivity index (χ3n) is 6.76. The Bertz CT molecular complexity index is 1690. The van der Waals surface area contributed by atoms with Crippen LogP contribution >= 0.6 is 11.3 Å². The van der Waals surface area contributed by atoms with Crippen LogP contribution in [0.2, 0.25) is 0 Å². The van der Waals surface area contributed by atoms with E-state index >= 15 is 0 Å². The van der Waals surface area contributed by atoms with Crippen molar-refractivity contribution in [2.24, 2.45) is 0 Å². The molecule has 1 atom stereocenters. The fraction of sp³-hybridized carbons (Fsp3) is 0.156. The largest absolute Gasteiger partial charge is 0.507 e. The summed E-state index contributed by atoms with van der Waals surface area (Å²) in [4.78, 5) is 49.3. The van der Waals surface area contributed by atoms with Crippen molar-refractivity contribution in [2.75, 3.05) is 11.5 Å². The SMILES string of the molecule is C=CCOC(=O)c1sc(N2C(=O)C(=O)/C(=C(/O)c3ccc(OCc4ccccc4C)cc3)C2c2ccncc2)nc1C. The van der Waals surface area contributed by atoms with Gasteiger partial charge in [-0.25, -0.2) is 9.78 Å². The van der Waals surface area contributed by atoms with Gasteiger partial charge in [0.1, 0.15) is 29.6 Å². The molecule has 10 heteroatoms. The smallest absolute Gasteiger partial charge is 0.350 e. The van der Waals surface area contributed by atoms with Crippen LogP contribution in [0.3, 0.4) is 0 Å². The lowest BCUT2D eigenvalue weighted by molar-refractivity contribution is -0.132. The number of amides is 1. The van der Waals surface area contributed by atoms with Gasteiger partial charge >= 0.3 is 11.9 Å². The first-order valence-electron chi connectivity index (χ1n) is 13.0. The van der Waals surface area contributed by atoms with E-state index in [1.165, 1.54) is 23.4 Å². The van der Waals surface area contributed by atoms with E-state index in [2.05, 4.69) is 16.5 Å². The summed E-state index contributed by atoms with van der Waals surface area (Å²) in [6.45, 7) is 7.56. The minimum absolute atomic E-state index is 0.0166. The molecule has 0 saturated carbocycles. The van der Waals surface area contributed by atoms with Gasteiger partial charge in [-0.05, 0) is 66.9 Å². The zero-order valence-electron chi connectivity index (χ0n) is 22.9. The van der Waals surface area contributed by atoms with Crippen molar-refractivity contribution in [1.29, 1.82) is 0 Å². The number of Topliss-reactive ketones (excluding diaryl/α,β-unsaturated/α-hetero) is 1. The maximum atomic E-state index is 13.4. The van der Waals surface area contributed by atoms with Crippen molar-refractivity contribution in [3.63, 3.8) is 0 Å². The standard InChI is InChI=1S/C32H27N3O6S/c1-4-17-40-31(39)29-20(3)34-32(42-29)35-26(21-13-15-33-16-14-21)25(28(37)30(35)38)27(36)22-9-11-24(12-10-22)41-18-23-8-6-5-7-19(23)2/h4-16,26,36H,1,17-18H2,2-3H3/b27-25+. The molecule has 3 heterocycles. The summed E-state index contributed by atoms with van der Waals surface area (Å²) in [6, 6.07) is 16.8. The Labute approximate surface area is 246 Å². The van der Waals surface area contributed by atoms with Crippen molar-refractivity contribution in [2.45, 2.75) is 26.5 Å². The Morgan fingerprint density at radius 3 is 2.48 bits per heavy atom. The molecule has 1 aliphatic heterocycles. The van der Waals surface area contributed by atoms with Crippen LogP contribution < -0.4 is 9.64 Å². The molecule has 212 valence electrons. The minimum Gasteiger partial charge on any atom is -0.507 e. The highest BCUT2D eigenvalue weighted by molar-refractivity contribution is 7.17. The van der Waals surface area contributed by atoms with Crippen LogP contribution in [0.4, 0.5) is 5.13 Å². The summed E-state index contributed by atoms with van der Waals surface area (Å²) in [5, 5.41) is 11.5. The van der Waals surface area contributed by atoms with Crippen molar-refractivity contribution in [3.05, 3.63) is 124 Å². The molecule has 0 spiro atoms. The minimum atomic E-state index is -1.01. The van der Waals surface area contributed by atoms with Gasteiger partial charge in [-0.3, -0.25) is 19.5 Å². The molecule has 42 heavy (non-hydrogen) atoms. The Morgan fingerprint density at radius 1 is 1.07 bits per heavy atom. The predicted octanol–water partition coefficient (Wildman–Crippen LogP) is 5.70. The van der Waals surface area contributed by atoms with E-state index in [0.717, 1.165) is 22.5 Å². The topological polar surface area (TPSA) is 119 Å². The molecule has 4 aromatic rings. The molecule has 1 fully saturated rings. The number of hydrogen-bond donors (Lipinski definition) is 1. The number of benzene rings is 2. The van der Waals surface area contributed by atoms with Gasteiger partial charge in [0.2, 0.25) is 0 Å². The van der Waals surface area contributed by atoms with Gasteiger partial charge in [-0.15, -0.1) is 0 Å². The average Bonchev–Trinajstić information content (AvgIpc) is 3.52. The number of esters is 1. The number of pyridine rings is 1. The van der Waals surface area contributed by atoms with Crippen molar-refractivity contribution >= 4 is 39.9 Å². The van der Waals surface area contributed by atoms with Crippen molar-refractivity contribution in [1.82, 2.24) is 9.97 Å². The third-order valence-corrected chi connectivity index (χ3v) is 7.90. The maximum absolute atomic E-state index is 13.4. The highest BCUT2D eigenvalue weighted by Gasteiger charge is 2.48. The van der Waals surface area contributed by atoms with Gasteiger partial charge < -0.3 is 14.6 Å². The third kappa shape index (κ3) is 5.57. The lowest BCUT2D eigenvalue weighted by atomic mass is 9.96. The second-order valence-electron chi connectivity index (χ2n) is 9.49. The quantitative estimate of drug-likeness (QED) is 0.0879. The molecule has 1 aliphatic rings. The average molecular weight is 582 g/mol. The molecule has 1 saturated heterocycles. The van der Waals surface area contributed by atoms with Gasteiger partial charge in [0.15, 0.2) is 5.13 Å². The van der Waals surface area contributed by atoms with E-state index in [1.807, 2.05) is 31.2 Å². The zero-order valence-corrected chi connectivity index (χ0v) is 23.8. The highest BCUT2D eigenvalue weighted by atomic mass is 32.1. The van der Waals surface area contributed by atoms with Crippen LogP contribution in [0.1, 0.15) is 43.7 Å². The summed E-state index contributed by atoms with van der Waals surface area (Å²) >= 11 is 0.932. The number of rotatable bonds is 9. The van der Waals surface area contributed by atoms with Crippen LogP contribution in [0.25, 0.3) is 5.76 Å². The second kappa shape index (κ2) is 12.2. The number of ether oxygens (including phenoxy) is 2. The molecule has 1 N–H and O–H groups in total. The lowest BCUT2D eigenvalue weighted by Gasteiger charge is -2.22.